The molecule has 2 atom stereocenters. The lowest BCUT2D eigenvalue weighted by Crippen LogP contribution is -2.48. The fourth-order valence-electron chi connectivity index (χ4n) is 3.77. The summed E-state index contributed by atoms with van der Waals surface area (Å²) in [6, 6.07) is 21.6. The van der Waals surface area contributed by atoms with Gasteiger partial charge in [0.15, 0.2) is 0 Å². The maximum absolute atomic E-state index is 6.88. The van der Waals surface area contributed by atoms with Gasteiger partial charge in [-0.2, -0.15) is 0 Å². The summed E-state index contributed by atoms with van der Waals surface area (Å²) in [5.74, 6) is 0.510. The van der Waals surface area contributed by atoms with Gasteiger partial charge in [-0.3, -0.25) is 0 Å². The van der Waals surface area contributed by atoms with E-state index in [1.54, 1.807) is 0 Å². The molecule has 2 N–H and O–H groups in total. The van der Waals surface area contributed by atoms with Crippen molar-refractivity contribution in [3.63, 3.8) is 0 Å². The van der Waals surface area contributed by atoms with E-state index < -0.39 is 0 Å². The number of rotatable bonds is 4. The highest BCUT2D eigenvalue weighted by Gasteiger charge is 2.37. The number of aryl methyl sites for hydroxylation is 1. The van der Waals surface area contributed by atoms with E-state index in [9.17, 15) is 0 Å². The first-order valence-corrected chi connectivity index (χ1v) is 8.16. The van der Waals surface area contributed by atoms with E-state index >= 15 is 0 Å². The fraction of sp³-hybridized carbons (Fsp3) is 0.400. The third-order valence-electron chi connectivity index (χ3n) is 5.00. The molecule has 1 heteroatoms. The molecule has 0 saturated heterocycles. The molecule has 2 unspecified atom stereocenters. The van der Waals surface area contributed by atoms with Crippen LogP contribution in [0.3, 0.4) is 0 Å². The van der Waals surface area contributed by atoms with Crippen molar-refractivity contribution in [1.82, 2.24) is 0 Å². The highest BCUT2D eigenvalue weighted by atomic mass is 14.8. The monoisotopic (exact) mass is 279 g/mol. The second kappa shape index (κ2) is 6.44. The van der Waals surface area contributed by atoms with Crippen molar-refractivity contribution in [2.45, 2.75) is 50.0 Å². The Kier molecular flexibility index (Phi) is 4.40. The Balaban J connectivity index is 1.76. The van der Waals surface area contributed by atoms with Crippen LogP contribution in [0.1, 0.15) is 49.1 Å². The topological polar surface area (TPSA) is 26.0 Å². The average molecular weight is 279 g/mol. The zero-order valence-electron chi connectivity index (χ0n) is 12.7. The van der Waals surface area contributed by atoms with Gasteiger partial charge < -0.3 is 5.73 Å². The standard InChI is InChI=1S/C20H25N/c21-20(16-14-17-9-3-1-4-10-17)15-8-7-13-19(20)18-11-5-2-6-12-18/h1-6,9-12,19H,7-8,13-16,21H2. The van der Waals surface area contributed by atoms with Gasteiger partial charge in [-0.05, 0) is 36.8 Å². The third kappa shape index (κ3) is 3.36. The van der Waals surface area contributed by atoms with Gasteiger partial charge in [-0.1, -0.05) is 73.5 Å². The molecule has 2 aromatic rings. The molecule has 1 nitrogen and oxygen atoms in total. The highest BCUT2D eigenvalue weighted by Crippen LogP contribution is 2.41. The SMILES string of the molecule is NC1(CCc2ccccc2)CCCCC1c1ccccc1. The molecule has 0 amide bonds. The van der Waals surface area contributed by atoms with Crippen LogP contribution in [0.25, 0.3) is 0 Å². The largest absolute Gasteiger partial charge is 0.325 e. The lowest BCUT2D eigenvalue weighted by atomic mass is 9.68. The van der Waals surface area contributed by atoms with Crippen molar-refractivity contribution < 1.29 is 0 Å². The van der Waals surface area contributed by atoms with Crippen LogP contribution in [0, 0.1) is 0 Å². The van der Waals surface area contributed by atoms with Crippen molar-refractivity contribution in [2.24, 2.45) is 5.73 Å². The Hall–Kier alpha value is -1.60. The van der Waals surface area contributed by atoms with Gasteiger partial charge in [-0.25, -0.2) is 0 Å². The molecular formula is C20H25N. The van der Waals surface area contributed by atoms with Crippen molar-refractivity contribution in [2.75, 3.05) is 0 Å². The first-order chi connectivity index (χ1) is 10.3. The molecule has 0 spiro atoms. The molecule has 21 heavy (non-hydrogen) atoms. The summed E-state index contributed by atoms with van der Waals surface area (Å²) < 4.78 is 0. The van der Waals surface area contributed by atoms with Gasteiger partial charge in [0.05, 0.1) is 0 Å². The predicted octanol–water partition coefficient (Wildman–Crippen LogP) is 4.67. The number of hydrogen-bond acceptors (Lipinski definition) is 1. The zero-order chi connectivity index (χ0) is 14.5. The maximum atomic E-state index is 6.88. The van der Waals surface area contributed by atoms with E-state index in [0.717, 1.165) is 19.3 Å². The van der Waals surface area contributed by atoms with E-state index in [-0.39, 0.29) is 5.54 Å². The summed E-state index contributed by atoms with van der Waals surface area (Å²) in [5, 5.41) is 0. The van der Waals surface area contributed by atoms with E-state index in [1.165, 1.54) is 30.4 Å². The van der Waals surface area contributed by atoms with E-state index in [2.05, 4.69) is 60.7 Å². The van der Waals surface area contributed by atoms with Crippen LogP contribution in [-0.4, -0.2) is 5.54 Å². The summed E-state index contributed by atoms with van der Waals surface area (Å²) in [6.45, 7) is 0. The molecule has 2 aromatic carbocycles. The lowest BCUT2D eigenvalue weighted by molar-refractivity contribution is 0.235. The van der Waals surface area contributed by atoms with Crippen LogP contribution in [0.4, 0.5) is 0 Å². The first kappa shape index (κ1) is 14.3. The van der Waals surface area contributed by atoms with E-state index in [0.29, 0.717) is 5.92 Å². The number of hydrogen-bond donors (Lipinski definition) is 1. The quantitative estimate of drug-likeness (QED) is 0.864. The van der Waals surface area contributed by atoms with Crippen LogP contribution in [0.2, 0.25) is 0 Å². The molecule has 3 rings (SSSR count). The van der Waals surface area contributed by atoms with Gasteiger partial charge in [0, 0.05) is 11.5 Å². The molecule has 0 bridgehead atoms. The van der Waals surface area contributed by atoms with Crippen LogP contribution >= 0.6 is 0 Å². The summed E-state index contributed by atoms with van der Waals surface area (Å²) in [7, 11) is 0. The molecular weight excluding hydrogens is 254 g/mol. The van der Waals surface area contributed by atoms with Crippen molar-refractivity contribution >= 4 is 0 Å². The van der Waals surface area contributed by atoms with Gasteiger partial charge in [0.25, 0.3) is 0 Å². The molecule has 1 aliphatic rings. The lowest BCUT2D eigenvalue weighted by Gasteiger charge is -2.42. The molecule has 0 aromatic heterocycles. The molecule has 1 aliphatic carbocycles. The molecule has 1 saturated carbocycles. The highest BCUT2D eigenvalue weighted by molar-refractivity contribution is 5.25. The minimum atomic E-state index is -0.0462. The number of benzene rings is 2. The van der Waals surface area contributed by atoms with Crippen LogP contribution in [-0.2, 0) is 6.42 Å². The minimum Gasteiger partial charge on any atom is -0.325 e. The predicted molar refractivity (Wildman–Crippen MR) is 89.3 cm³/mol. The van der Waals surface area contributed by atoms with E-state index in [4.69, 9.17) is 5.73 Å². The second-order valence-electron chi connectivity index (χ2n) is 6.43. The van der Waals surface area contributed by atoms with Crippen molar-refractivity contribution in [1.29, 1.82) is 0 Å². The maximum Gasteiger partial charge on any atom is 0.0226 e. The van der Waals surface area contributed by atoms with Crippen molar-refractivity contribution in [3.05, 3.63) is 71.8 Å². The summed E-state index contributed by atoms with van der Waals surface area (Å²) >= 11 is 0. The van der Waals surface area contributed by atoms with Crippen LogP contribution in [0.15, 0.2) is 60.7 Å². The smallest absolute Gasteiger partial charge is 0.0226 e. The van der Waals surface area contributed by atoms with Crippen LogP contribution < -0.4 is 5.73 Å². The molecule has 110 valence electrons. The second-order valence-corrected chi connectivity index (χ2v) is 6.43. The summed E-state index contributed by atoms with van der Waals surface area (Å²) in [6.07, 6.45) is 7.13. The fourth-order valence-corrected chi connectivity index (χ4v) is 3.77. The Morgan fingerprint density at radius 2 is 1.57 bits per heavy atom. The normalized spacial score (nSPS) is 25.7. The zero-order valence-corrected chi connectivity index (χ0v) is 12.7. The van der Waals surface area contributed by atoms with E-state index in [1.807, 2.05) is 0 Å². The Labute approximate surface area is 128 Å². The molecule has 0 aliphatic heterocycles. The molecule has 0 heterocycles. The Morgan fingerprint density at radius 3 is 2.29 bits per heavy atom. The third-order valence-corrected chi connectivity index (χ3v) is 5.00. The Morgan fingerprint density at radius 1 is 0.905 bits per heavy atom. The van der Waals surface area contributed by atoms with Gasteiger partial charge in [0.1, 0.15) is 0 Å². The average Bonchev–Trinajstić information content (AvgIpc) is 2.55. The minimum absolute atomic E-state index is 0.0462. The molecule has 0 radical (unpaired) electrons. The number of nitrogens with two attached hydrogens (primary N) is 1. The van der Waals surface area contributed by atoms with Gasteiger partial charge in [-0.15, -0.1) is 0 Å². The summed E-state index contributed by atoms with van der Waals surface area (Å²) in [5.41, 5.74) is 9.66. The van der Waals surface area contributed by atoms with Gasteiger partial charge >= 0.3 is 0 Å². The van der Waals surface area contributed by atoms with Crippen molar-refractivity contribution in [3.8, 4) is 0 Å². The van der Waals surface area contributed by atoms with Crippen LogP contribution in [0.5, 0.6) is 0 Å². The first-order valence-electron chi connectivity index (χ1n) is 8.16. The molecule has 1 fully saturated rings. The van der Waals surface area contributed by atoms with Gasteiger partial charge in [0.2, 0.25) is 0 Å². The summed E-state index contributed by atoms with van der Waals surface area (Å²) in [4.78, 5) is 0. The Bertz CT molecular complexity index is 549.